The van der Waals surface area contributed by atoms with Gasteiger partial charge >= 0.3 is 0 Å². The molecule has 2 rings (SSSR count). The zero-order chi connectivity index (χ0) is 17.0. The highest BCUT2D eigenvalue weighted by atomic mass is 35.5. The number of benzene rings is 1. The van der Waals surface area contributed by atoms with E-state index in [2.05, 4.69) is 62.3 Å². The monoisotopic (exact) mass is 367 g/mol. The van der Waals surface area contributed by atoms with Crippen LogP contribution in [-0.2, 0) is 6.54 Å². The molecular formula is C18H26ClN3OS. The summed E-state index contributed by atoms with van der Waals surface area (Å²) in [4.78, 5) is 16.7. The van der Waals surface area contributed by atoms with E-state index in [-0.39, 0.29) is 30.3 Å². The van der Waals surface area contributed by atoms with E-state index in [1.165, 1.54) is 16.9 Å². The van der Waals surface area contributed by atoms with Gasteiger partial charge in [-0.05, 0) is 23.0 Å². The van der Waals surface area contributed by atoms with Crippen molar-refractivity contribution in [3.63, 3.8) is 0 Å². The number of carbonyl (C=O) groups excluding carboxylic acids is 1. The van der Waals surface area contributed by atoms with Gasteiger partial charge in [0, 0.05) is 11.9 Å². The minimum Gasteiger partial charge on any atom is -0.344 e. The summed E-state index contributed by atoms with van der Waals surface area (Å²) in [6, 6.07) is 8.44. The molecule has 6 heteroatoms. The fourth-order valence-corrected chi connectivity index (χ4v) is 3.10. The molecule has 0 radical (unpaired) electrons. The zero-order valence-electron chi connectivity index (χ0n) is 14.6. The highest BCUT2D eigenvalue weighted by molar-refractivity contribution is 7.09. The fourth-order valence-electron chi connectivity index (χ4n) is 2.45. The Hall–Kier alpha value is -1.43. The van der Waals surface area contributed by atoms with Crippen LogP contribution in [-0.4, -0.2) is 10.9 Å². The summed E-state index contributed by atoms with van der Waals surface area (Å²) in [5.74, 6) is 0.643. The van der Waals surface area contributed by atoms with Gasteiger partial charge in [0.1, 0.15) is 10.7 Å². The molecule has 0 fully saturated rings. The quantitative estimate of drug-likeness (QED) is 0.800. The van der Waals surface area contributed by atoms with Gasteiger partial charge in [0.05, 0.1) is 6.04 Å². The van der Waals surface area contributed by atoms with Gasteiger partial charge in [0.25, 0.3) is 5.91 Å². The molecular weight excluding hydrogens is 342 g/mol. The topological polar surface area (TPSA) is 68.0 Å². The molecule has 0 saturated carbocycles. The third-order valence-corrected chi connectivity index (χ3v) is 4.75. The Kier molecular flexibility index (Phi) is 7.87. The number of carbonyl (C=O) groups is 1. The lowest BCUT2D eigenvalue weighted by atomic mass is 9.93. The lowest BCUT2D eigenvalue weighted by Crippen LogP contribution is -2.32. The number of thiazole rings is 1. The van der Waals surface area contributed by atoms with Gasteiger partial charge in [-0.25, -0.2) is 4.98 Å². The Morgan fingerprint density at radius 2 is 1.75 bits per heavy atom. The number of amides is 1. The van der Waals surface area contributed by atoms with Crippen molar-refractivity contribution in [2.45, 2.75) is 46.2 Å². The average Bonchev–Trinajstić information content (AvgIpc) is 3.01. The highest BCUT2D eigenvalue weighted by Gasteiger charge is 2.20. The maximum atomic E-state index is 12.4. The van der Waals surface area contributed by atoms with Gasteiger partial charge in [-0.15, -0.1) is 23.7 Å². The molecule has 1 amide bonds. The molecule has 2 aromatic rings. The second-order valence-corrected chi connectivity index (χ2v) is 7.29. The molecule has 0 aliphatic rings. The highest BCUT2D eigenvalue weighted by Crippen LogP contribution is 2.24. The van der Waals surface area contributed by atoms with Crippen LogP contribution in [0.4, 0.5) is 0 Å². The third-order valence-electron chi connectivity index (χ3n) is 3.87. The molecule has 1 aromatic carbocycles. The van der Waals surface area contributed by atoms with Crippen molar-refractivity contribution in [1.29, 1.82) is 0 Å². The largest absolute Gasteiger partial charge is 0.344 e. The number of hydrogen-bond donors (Lipinski definition) is 2. The minimum atomic E-state index is -0.146. The van der Waals surface area contributed by atoms with Crippen molar-refractivity contribution in [2.24, 2.45) is 11.7 Å². The first-order chi connectivity index (χ1) is 10.9. The standard InChI is InChI=1S/C18H25N3OS.ClH/c1-11(2)13-5-7-14(8-6-13)17(12(3)4)21-18(22)15-10-23-16(9-19)20-15;/h5-8,10-12,17H,9,19H2,1-4H3,(H,21,22);1H. The second-order valence-electron chi connectivity index (χ2n) is 6.35. The summed E-state index contributed by atoms with van der Waals surface area (Å²) in [7, 11) is 0. The Bertz CT molecular complexity index is 653. The van der Waals surface area contributed by atoms with Crippen molar-refractivity contribution < 1.29 is 4.79 Å². The molecule has 0 aliphatic heterocycles. The van der Waals surface area contributed by atoms with Crippen LogP contribution in [0.2, 0.25) is 0 Å². The maximum Gasteiger partial charge on any atom is 0.271 e. The first kappa shape index (κ1) is 20.6. The van der Waals surface area contributed by atoms with Gasteiger partial charge in [-0.3, -0.25) is 4.79 Å². The molecule has 3 N–H and O–H groups in total. The molecule has 0 aliphatic carbocycles. The molecule has 1 atom stereocenters. The maximum absolute atomic E-state index is 12.4. The van der Waals surface area contributed by atoms with Crippen LogP contribution in [0.3, 0.4) is 0 Å². The van der Waals surface area contributed by atoms with Crippen LogP contribution in [0.25, 0.3) is 0 Å². The zero-order valence-corrected chi connectivity index (χ0v) is 16.2. The third kappa shape index (κ3) is 5.03. The number of rotatable bonds is 6. The smallest absolute Gasteiger partial charge is 0.271 e. The Morgan fingerprint density at radius 1 is 1.17 bits per heavy atom. The number of nitrogens with zero attached hydrogens (tertiary/aromatic N) is 1. The lowest BCUT2D eigenvalue weighted by Gasteiger charge is -2.23. The molecule has 0 spiro atoms. The molecule has 1 unspecified atom stereocenters. The van der Waals surface area contributed by atoms with Crippen molar-refractivity contribution >= 4 is 29.7 Å². The Balaban J connectivity index is 0.00000288. The van der Waals surface area contributed by atoms with Crippen molar-refractivity contribution in [3.8, 4) is 0 Å². The van der Waals surface area contributed by atoms with Gasteiger partial charge in [0.2, 0.25) is 0 Å². The summed E-state index contributed by atoms with van der Waals surface area (Å²) in [6.07, 6.45) is 0. The van der Waals surface area contributed by atoms with Crippen molar-refractivity contribution in [1.82, 2.24) is 10.3 Å². The molecule has 4 nitrogen and oxygen atoms in total. The van der Waals surface area contributed by atoms with Crippen molar-refractivity contribution in [2.75, 3.05) is 0 Å². The van der Waals surface area contributed by atoms with Gasteiger partial charge in [-0.2, -0.15) is 0 Å². The van der Waals surface area contributed by atoms with Crippen LogP contribution in [0.1, 0.15) is 66.3 Å². The summed E-state index contributed by atoms with van der Waals surface area (Å²) < 4.78 is 0. The van der Waals surface area contributed by atoms with E-state index in [1.54, 1.807) is 5.38 Å². The first-order valence-electron chi connectivity index (χ1n) is 7.97. The van der Waals surface area contributed by atoms with Crippen molar-refractivity contribution in [3.05, 3.63) is 51.5 Å². The SMILES string of the molecule is CC(C)c1ccc(C(NC(=O)c2csc(CN)n2)C(C)C)cc1.Cl. The van der Waals surface area contributed by atoms with E-state index in [0.29, 0.717) is 18.2 Å². The van der Waals surface area contributed by atoms with Crippen LogP contribution in [0.15, 0.2) is 29.6 Å². The number of hydrogen-bond acceptors (Lipinski definition) is 4. The predicted molar refractivity (Wildman–Crippen MR) is 103 cm³/mol. The summed E-state index contributed by atoms with van der Waals surface area (Å²) in [5.41, 5.74) is 8.42. The van der Waals surface area contributed by atoms with Crippen LogP contribution in [0, 0.1) is 5.92 Å². The van der Waals surface area contributed by atoms with Gasteiger partial charge in [0.15, 0.2) is 0 Å². The average molecular weight is 368 g/mol. The normalized spacial score (nSPS) is 12.1. The van der Waals surface area contributed by atoms with E-state index in [9.17, 15) is 4.79 Å². The molecule has 0 bridgehead atoms. The Labute approximate surface area is 154 Å². The second kappa shape index (κ2) is 9.16. The minimum absolute atomic E-state index is 0. The van der Waals surface area contributed by atoms with Gasteiger partial charge in [-0.1, -0.05) is 52.0 Å². The number of nitrogens with two attached hydrogens (primary N) is 1. The first-order valence-corrected chi connectivity index (χ1v) is 8.85. The molecule has 132 valence electrons. The molecule has 1 heterocycles. The summed E-state index contributed by atoms with van der Waals surface area (Å²) in [5, 5.41) is 5.64. The number of aromatic nitrogens is 1. The van der Waals surface area contributed by atoms with Gasteiger partial charge < -0.3 is 11.1 Å². The predicted octanol–water partition coefficient (Wildman–Crippen LogP) is 4.27. The van der Waals surface area contributed by atoms with Crippen LogP contribution >= 0.6 is 23.7 Å². The van der Waals surface area contributed by atoms with Crippen LogP contribution < -0.4 is 11.1 Å². The van der Waals surface area contributed by atoms with E-state index < -0.39 is 0 Å². The summed E-state index contributed by atoms with van der Waals surface area (Å²) in [6.45, 7) is 8.92. The molecule has 1 aromatic heterocycles. The summed E-state index contributed by atoms with van der Waals surface area (Å²) >= 11 is 1.42. The molecule has 0 saturated heterocycles. The van der Waals surface area contributed by atoms with E-state index in [0.717, 1.165) is 10.6 Å². The fraction of sp³-hybridized carbons (Fsp3) is 0.444. The van der Waals surface area contributed by atoms with E-state index in [4.69, 9.17) is 5.73 Å². The number of halogens is 1. The number of nitrogens with one attached hydrogen (secondary N) is 1. The Morgan fingerprint density at radius 3 is 2.21 bits per heavy atom. The van der Waals surface area contributed by atoms with Crippen LogP contribution in [0.5, 0.6) is 0 Å². The lowest BCUT2D eigenvalue weighted by molar-refractivity contribution is 0.0921. The van der Waals surface area contributed by atoms with E-state index >= 15 is 0 Å². The molecule has 24 heavy (non-hydrogen) atoms. The van der Waals surface area contributed by atoms with E-state index in [1.807, 2.05) is 0 Å².